The van der Waals surface area contributed by atoms with E-state index in [2.05, 4.69) is 9.97 Å². The highest BCUT2D eigenvalue weighted by Crippen LogP contribution is 2.24. The maximum absolute atomic E-state index is 11.4. The monoisotopic (exact) mass is 238 g/mol. The lowest BCUT2D eigenvalue weighted by molar-refractivity contribution is -0.142. The van der Waals surface area contributed by atoms with Crippen LogP contribution in [-0.4, -0.2) is 22.5 Å². The summed E-state index contributed by atoms with van der Waals surface area (Å²) in [6.45, 7) is 2.08. The molecule has 0 aliphatic heterocycles. The lowest BCUT2D eigenvalue weighted by atomic mass is 10.1. The first kappa shape index (κ1) is 11.0. The van der Waals surface area contributed by atoms with Gasteiger partial charge in [-0.3, -0.25) is 4.79 Å². The molecule has 1 N–H and O–H groups in total. The van der Waals surface area contributed by atoms with Crippen molar-refractivity contribution in [3.8, 4) is 0 Å². The summed E-state index contributed by atoms with van der Waals surface area (Å²) in [6.07, 6.45) is 1.60. The number of rotatable bonds is 3. The van der Waals surface area contributed by atoms with Crippen molar-refractivity contribution in [1.82, 2.24) is 9.97 Å². The number of alkyl halides is 1. The Bertz CT molecular complexity index is 509. The van der Waals surface area contributed by atoms with Crippen molar-refractivity contribution >= 4 is 28.6 Å². The predicted octanol–water partition coefficient (Wildman–Crippen LogP) is 2.41. The third kappa shape index (κ3) is 2.02. The van der Waals surface area contributed by atoms with Crippen LogP contribution in [0.4, 0.5) is 0 Å². The van der Waals surface area contributed by atoms with Crippen LogP contribution in [0.15, 0.2) is 24.5 Å². The molecule has 1 aromatic carbocycles. The Morgan fingerprint density at radius 1 is 1.62 bits per heavy atom. The molecular formula is C11H11ClN2O2. The Morgan fingerprint density at radius 2 is 2.44 bits per heavy atom. The zero-order valence-corrected chi connectivity index (χ0v) is 9.49. The number of hydrogen-bond acceptors (Lipinski definition) is 3. The van der Waals surface area contributed by atoms with Crippen LogP contribution in [0.25, 0.3) is 11.0 Å². The number of aromatic amines is 1. The van der Waals surface area contributed by atoms with E-state index in [1.165, 1.54) is 0 Å². The van der Waals surface area contributed by atoms with Gasteiger partial charge in [0.25, 0.3) is 0 Å². The van der Waals surface area contributed by atoms with E-state index in [9.17, 15) is 4.79 Å². The summed E-state index contributed by atoms with van der Waals surface area (Å²) < 4.78 is 4.85. The normalized spacial score (nSPS) is 12.6. The van der Waals surface area contributed by atoms with E-state index in [-0.39, 0.29) is 0 Å². The van der Waals surface area contributed by atoms with Gasteiger partial charge >= 0.3 is 5.97 Å². The van der Waals surface area contributed by atoms with Crippen LogP contribution in [0.5, 0.6) is 0 Å². The number of hydrogen-bond donors (Lipinski definition) is 1. The highest BCUT2D eigenvalue weighted by molar-refractivity contribution is 6.30. The van der Waals surface area contributed by atoms with Gasteiger partial charge in [-0.25, -0.2) is 4.98 Å². The van der Waals surface area contributed by atoms with Crippen LogP contribution < -0.4 is 0 Å². The Labute approximate surface area is 97.6 Å². The molecule has 0 saturated carbocycles. The molecule has 4 nitrogen and oxygen atoms in total. The summed E-state index contributed by atoms with van der Waals surface area (Å²) in [5.74, 6) is -0.428. The van der Waals surface area contributed by atoms with E-state index < -0.39 is 11.3 Å². The van der Waals surface area contributed by atoms with Gasteiger partial charge in [-0.15, -0.1) is 11.6 Å². The van der Waals surface area contributed by atoms with Gasteiger partial charge in [0.2, 0.25) is 0 Å². The van der Waals surface area contributed by atoms with Gasteiger partial charge in [0.15, 0.2) is 5.38 Å². The molecule has 0 spiro atoms. The number of esters is 1. The number of fused-ring (bicyclic) bond motifs is 1. The lowest BCUT2D eigenvalue weighted by Gasteiger charge is -2.08. The van der Waals surface area contributed by atoms with Crippen LogP contribution in [0.2, 0.25) is 0 Å². The highest BCUT2D eigenvalue weighted by atomic mass is 35.5. The zero-order valence-electron chi connectivity index (χ0n) is 8.74. The van der Waals surface area contributed by atoms with Gasteiger partial charge in [0.05, 0.1) is 24.0 Å². The van der Waals surface area contributed by atoms with E-state index in [1.807, 2.05) is 6.07 Å². The molecule has 2 rings (SSSR count). The van der Waals surface area contributed by atoms with Crippen LogP contribution >= 0.6 is 11.6 Å². The molecule has 1 heterocycles. The molecule has 0 radical (unpaired) electrons. The second-order valence-electron chi connectivity index (χ2n) is 3.29. The summed E-state index contributed by atoms with van der Waals surface area (Å²) in [5.41, 5.74) is 2.40. The second kappa shape index (κ2) is 4.53. The maximum atomic E-state index is 11.4. The van der Waals surface area contributed by atoms with Gasteiger partial charge in [0, 0.05) is 0 Å². The Morgan fingerprint density at radius 3 is 3.19 bits per heavy atom. The number of halogens is 1. The van der Waals surface area contributed by atoms with E-state index in [0.29, 0.717) is 12.2 Å². The predicted molar refractivity (Wildman–Crippen MR) is 61.3 cm³/mol. The molecule has 1 atom stereocenters. The van der Waals surface area contributed by atoms with Crippen molar-refractivity contribution in [2.75, 3.05) is 6.61 Å². The molecule has 0 aliphatic carbocycles. The van der Waals surface area contributed by atoms with Crippen molar-refractivity contribution in [3.05, 3.63) is 30.1 Å². The quantitative estimate of drug-likeness (QED) is 0.660. The fourth-order valence-electron chi connectivity index (χ4n) is 1.46. The van der Waals surface area contributed by atoms with Crippen LogP contribution in [0.1, 0.15) is 17.9 Å². The van der Waals surface area contributed by atoms with Gasteiger partial charge in [-0.2, -0.15) is 0 Å². The topological polar surface area (TPSA) is 55.0 Å². The van der Waals surface area contributed by atoms with Crippen LogP contribution in [0, 0.1) is 0 Å². The van der Waals surface area contributed by atoms with E-state index in [0.717, 1.165) is 11.0 Å². The summed E-state index contributed by atoms with van der Waals surface area (Å²) >= 11 is 5.99. The molecule has 1 aromatic heterocycles. The molecule has 1 unspecified atom stereocenters. The fraction of sp³-hybridized carbons (Fsp3) is 0.273. The molecule has 0 fully saturated rings. The molecule has 2 aromatic rings. The number of nitrogens with one attached hydrogen (secondary N) is 1. The Balaban J connectivity index is 2.28. The van der Waals surface area contributed by atoms with Crippen LogP contribution in [-0.2, 0) is 9.53 Å². The van der Waals surface area contributed by atoms with Gasteiger partial charge in [-0.05, 0) is 24.6 Å². The number of ether oxygens (including phenoxy) is 1. The minimum absolute atomic E-state index is 0.328. The molecular weight excluding hydrogens is 228 g/mol. The van der Waals surface area contributed by atoms with Crippen LogP contribution in [0.3, 0.4) is 0 Å². The summed E-state index contributed by atoms with van der Waals surface area (Å²) in [5, 5.41) is -0.771. The number of imidazole rings is 1. The average molecular weight is 239 g/mol. The molecule has 0 amide bonds. The van der Waals surface area contributed by atoms with Crippen molar-refractivity contribution in [3.63, 3.8) is 0 Å². The zero-order chi connectivity index (χ0) is 11.5. The third-order valence-corrected chi connectivity index (χ3v) is 2.66. The number of H-pyrrole nitrogens is 1. The van der Waals surface area contributed by atoms with Crippen molar-refractivity contribution in [2.24, 2.45) is 0 Å². The van der Waals surface area contributed by atoms with Gasteiger partial charge in [-0.1, -0.05) is 6.07 Å². The Kier molecular flexibility index (Phi) is 3.10. The van der Waals surface area contributed by atoms with Gasteiger partial charge in [0.1, 0.15) is 0 Å². The number of carbonyl (C=O) groups excluding carboxylic acids is 1. The van der Waals surface area contributed by atoms with Crippen molar-refractivity contribution in [1.29, 1.82) is 0 Å². The number of carbonyl (C=O) groups is 1. The summed E-state index contributed by atoms with van der Waals surface area (Å²) in [6, 6.07) is 5.39. The van der Waals surface area contributed by atoms with Gasteiger partial charge < -0.3 is 9.72 Å². The molecule has 0 bridgehead atoms. The SMILES string of the molecule is CCOC(=O)C(Cl)c1ccc2nc[nH]c2c1. The summed E-state index contributed by atoms with van der Waals surface area (Å²) in [7, 11) is 0. The maximum Gasteiger partial charge on any atom is 0.328 e. The smallest absolute Gasteiger partial charge is 0.328 e. The van der Waals surface area contributed by atoms with E-state index >= 15 is 0 Å². The largest absolute Gasteiger partial charge is 0.465 e. The fourth-order valence-corrected chi connectivity index (χ4v) is 1.66. The Hall–Kier alpha value is -1.55. The molecule has 0 saturated heterocycles. The van der Waals surface area contributed by atoms with Crippen molar-refractivity contribution in [2.45, 2.75) is 12.3 Å². The third-order valence-electron chi connectivity index (χ3n) is 2.23. The number of nitrogens with zero attached hydrogens (tertiary/aromatic N) is 1. The molecule has 5 heteroatoms. The number of benzene rings is 1. The minimum atomic E-state index is -0.771. The van der Waals surface area contributed by atoms with Crippen molar-refractivity contribution < 1.29 is 9.53 Å². The van der Waals surface area contributed by atoms with E-state index in [1.54, 1.807) is 25.4 Å². The molecule has 16 heavy (non-hydrogen) atoms. The second-order valence-corrected chi connectivity index (χ2v) is 3.73. The molecule has 84 valence electrons. The summed E-state index contributed by atoms with van der Waals surface area (Å²) in [4.78, 5) is 18.5. The lowest BCUT2D eigenvalue weighted by Crippen LogP contribution is -2.10. The first-order valence-corrected chi connectivity index (χ1v) is 5.39. The first-order valence-electron chi connectivity index (χ1n) is 4.96. The first-order chi connectivity index (χ1) is 7.72. The standard InChI is InChI=1S/C11H11ClN2O2/c1-2-16-11(15)10(12)7-3-4-8-9(5-7)14-6-13-8/h3-6,10H,2H2,1H3,(H,13,14). The molecule has 0 aliphatic rings. The highest BCUT2D eigenvalue weighted by Gasteiger charge is 2.19. The minimum Gasteiger partial charge on any atom is -0.465 e. The van der Waals surface area contributed by atoms with E-state index in [4.69, 9.17) is 16.3 Å². The number of aromatic nitrogens is 2. The average Bonchev–Trinajstić information content (AvgIpc) is 2.75.